The highest BCUT2D eigenvalue weighted by Gasteiger charge is 2.11. The van der Waals surface area contributed by atoms with Gasteiger partial charge in [0.15, 0.2) is 5.65 Å². The van der Waals surface area contributed by atoms with Crippen molar-refractivity contribution in [2.24, 2.45) is 7.05 Å². The van der Waals surface area contributed by atoms with Crippen molar-refractivity contribution in [2.45, 2.75) is 20.0 Å². The van der Waals surface area contributed by atoms with E-state index in [0.29, 0.717) is 29.4 Å². The minimum Gasteiger partial charge on any atom is -0.474 e. The molecule has 2 rings (SSSR count). The fourth-order valence-electron chi connectivity index (χ4n) is 1.74. The SMILES string of the molecule is CCOC(C)COc1nc2c(cc1Cl)ncc(=O)n2C. The molecule has 7 heteroatoms. The predicted octanol–water partition coefficient (Wildman–Crippen LogP) is 1.79. The number of hydrogen-bond acceptors (Lipinski definition) is 5. The molecule has 108 valence electrons. The van der Waals surface area contributed by atoms with Crippen molar-refractivity contribution >= 4 is 22.8 Å². The first kappa shape index (κ1) is 14.7. The Morgan fingerprint density at radius 1 is 1.50 bits per heavy atom. The summed E-state index contributed by atoms with van der Waals surface area (Å²) in [5.74, 6) is 0.272. The predicted molar refractivity (Wildman–Crippen MR) is 76.4 cm³/mol. The molecule has 0 bridgehead atoms. The van der Waals surface area contributed by atoms with E-state index in [0.717, 1.165) is 0 Å². The highest BCUT2D eigenvalue weighted by molar-refractivity contribution is 6.32. The third kappa shape index (κ3) is 3.08. The van der Waals surface area contributed by atoms with Crippen LogP contribution in [0.1, 0.15) is 13.8 Å². The van der Waals surface area contributed by atoms with Crippen molar-refractivity contribution < 1.29 is 9.47 Å². The van der Waals surface area contributed by atoms with E-state index in [1.54, 1.807) is 13.1 Å². The fraction of sp³-hybridized carbons (Fsp3) is 0.462. The highest BCUT2D eigenvalue weighted by atomic mass is 35.5. The second-order valence-electron chi connectivity index (χ2n) is 4.35. The van der Waals surface area contributed by atoms with Crippen LogP contribution in [-0.2, 0) is 11.8 Å². The molecule has 0 aliphatic rings. The standard InChI is InChI=1S/C13H16ClN3O3/c1-4-19-8(2)7-20-13-9(14)5-10-12(16-13)17(3)11(18)6-15-10/h5-6,8H,4,7H2,1-3H3. The Morgan fingerprint density at radius 2 is 2.25 bits per heavy atom. The van der Waals surface area contributed by atoms with Crippen molar-refractivity contribution in [2.75, 3.05) is 13.2 Å². The Balaban J connectivity index is 2.32. The zero-order valence-corrected chi connectivity index (χ0v) is 12.3. The highest BCUT2D eigenvalue weighted by Crippen LogP contribution is 2.25. The maximum Gasteiger partial charge on any atom is 0.270 e. The van der Waals surface area contributed by atoms with E-state index in [9.17, 15) is 4.79 Å². The van der Waals surface area contributed by atoms with Gasteiger partial charge in [-0.25, -0.2) is 4.98 Å². The maximum absolute atomic E-state index is 11.5. The summed E-state index contributed by atoms with van der Waals surface area (Å²) in [6.07, 6.45) is 1.17. The van der Waals surface area contributed by atoms with Gasteiger partial charge in [0, 0.05) is 13.7 Å². The molecule has 0 saturated carbocycles. The summed E-state index contributed by atoms with van der Waals surface area (Å²) >= 11 is 6.10. The number of ether oxygens (including phenoxy) is 2. The van der Waals surface area contributed by atoms with E-state index in [2.05, 4.69) is 9.97 Å². The molecular formula is C13H16ClN3O3. The molecule has 0 spiro atoms. The second-order valence-corrected chi connectivity index (χ2v) is 4.76. The summed E-state index contributed by atoms with van der Waals surface area (Å²) in [4.78, 5) is 19.8. The minimum atomic E-state index is -0.235. The molecule has 2 aromatic rings. The van der Waals surface area contributed by atoms with Crippen LogP contribution in [0.3, 0.4) is 0 Å². The lowest BCUT2D eigenvalue weighted by Crippen LogP contribution is -2.20. The van der Waals surface area contributed by atoms with Crippen LogP contribution < -0.4 is 10.3 Å². The van der Waals surface area contributed by atoms with E-state index >= 15 is 0 Å². The maximum atomic E-state index is 11.5. The average molecular weight is 298 g/mol. The van der Waals surface area contributed by atoms with Crippen molar-refractivity contribution in [1.82, 2.24) is 14.5 Å². The third-order valence-electron chi connectivity index (χ3n) is 2.77. The smallest absolute Gasteiger partial charge is 0.270 e. The molecule has 0 aliphatic carbocycles. The number of aromatic nitrogens is 3. The van der Waals surface area contributed by atoms with Gasteiger partial charge in [0.2, 0.25) is 5.88 Å². The Labute approximate surface area is 121 Å². The zero-order valence-electron chi connectivity index (χ0n) is 11.6. The van der Waals surface area contributed by atoms with Crippen molar-refractivity contribution in [3.63, 3.8) is 0 Å². The molecule has 1 atom stereocenters. The molecular weight excluding hydrogens is 282 g/mol. The normalized spacial score (nSPS) is 12.6. The van der Waals surface area contributed by atoms with Gasteiger partial charge in [0.1, 0.15) is 17.1 Å². The van der Waals surface area contributed by atoms with Crippen LogP contribution in [0.2, 0.25) is 5.02 Å². The van der Waals surface area contributed by atoms with Crippen LogP contribution in [0.5, 0.6) is 5.88 Å². The van der Waals surface area contributed by atoms with Crippen LogP contribution in [0.4, 0.5) is 0 Å². The molecule has 20 heavy (non-hydrogen) atoms. The first-order chi connectivity index (χ1) is 9.52. The Bertz CT molecular complexity index is 672. The van der Waals surface area contributed by atoms with Gasteiger partial charge in [0.05, 0.1) is 12.3 Å². The largest absolute Gasteiger partial charge is 0.474 e. The zero-order chi connectivity index (χ0) is 14.7. The van der Waals surface area contributed by atoms with Gasteiger partial charge in [-0.1, -0.05) is 11.6 Å². The Kier molecular flexibility index (Phi) is 4.57. The van der Waals surface area contributed by atoms with Crippen LogP contribution in [0, 0.1) is 0 Å². The van der Waals surface area contributed by atoms with Gasteiger partial charge in [-0.15, -0.1) is 0 Å². The minimum absolute atomic E-state index is 0.0636. The lowest BCUT2D eigenvalue weighted by atomic mass is 10.4. The summed E-state index contributed by atoms with van der Waals surface area (Å²) in [5, 5.41) is 0.354. The Hall–Kier alpha value is -1.66. The molecule has 0 fully saturated rings. The summed E-state index contributed by atoms with van der Waals surface area (Å²) in [7, 11) is 1.62. The monoisotopic (exact) mass is 297 g/mol. The van der Waals surface area contributed by atoms with E-state index in [4.69, 9.17) is 21.1 Å². The van der Waals surface area contributed by atoms with E-state index < -0.39 is 0 Å². The number of nitrogens with zero attached hydrogens (tertiary/aromatic N) is 3. The average Bonchev–Trinajstić information content (AvgIpc) is 2.42. The number of aryl methyl sites for hydroxylation is 1. The van der Waals surface area contributed by atoms with Gasteiger partial charge in [0.25, 0.3) is 5.56 Å². The molecule has 2 heterocycles. The molecule has 0 radical (unpaired) electrons. The van der Waals surface area contributed by atoms with Gasteiger partial charge in [-0.3, -0.25) is 9.36 Å². The first-order valence-electron chi connectivity index (χ1n) is 6.29. The van der Waals surface area contributed by atoms with E-state index in [1.807, 2.05) is 13.8 Å². The number of pyridine rings is 1. The van der Waals surface area contributed by atoms with Gasteiger partial charge in [-0.2, -0.15) is 4.98 Å². The molecule has 0 amide bonds. The molecule has 1 unspecified atom stereocenters. The number of halogens is 1. The molecule has 0 aromatic carbocycles. The topological polar surface area (TPSA) is 66.2 Å². The van der Waals surface area contributed by atoms with Gasteiger partial charge >= 0.3 is 0 Å². The molecule has 0 saturated heterocycles. The van der Waals surface area contributed by atoms with Crippen molar-refractivity contribution in [3.05, 3.63) is 27.6 Å². The Morgan fingerprint density at radius 3 is 2.95 bits per heavy atom. The fourth-order valence-corrected chi connectivity index (χ4v) is 1.94. The summed E-state index contributed by atoms with van der Waals surface area (Å²) in [6.45, 7) is 4.76. The second kappa shape index (κ2) is 6.19. The molecule has 6 nitrogen and oxygen atoms in total. The number of rotatable bonds is 5. The van der Waals surface area contributed by atoms with E-state index in [-0.39, 0.29) is 17.5 Å². The number of hydrogen-bond donors (Lipinski definition) is 0. The van der Waals surface area contributed by atoms with E-state index in [1.165, 1.54) is 10.8 Å². The van der Waals surface area contributed by atoms with Crippen LogP contribution in [0.15, 0.2) is 17.1 Å². The summed E-state index contributed by atoms with van der Waals surface area (Å²) in [5.41, 5.74) is 0.740. The summed E-state index contributed by atoms with van der Waals surface area (Å²) in [6, 6.07) is 1.63. The third-order valence-corrected chi connectivity index (χ3v) is 3.04. The van der Waals surface area contributed by atoms with Gasteiger partial charge in [-0.05, 0) is 19.9 Å². The van der Waals surface area contributed by atoms with Crippen molar-refractivity contribution in [1.29, 1.82) is 0 Å². The molecule has 0 aliphatic heterocycles. The van der Waals surface area contributed by atoms with Crippen LogP contribution in [0.25, 0.3) is 11.2 Å². The van der Waals surface area contributed by atoms with Crippen LogP contribution in [-0.4, -0.2) is 33.9 Å². The van der Waals surface area contributed by atoms with Crippen LogP contribution >= 0.6 is 11.6 Å². The molecule has 2 aromatic heterocycles. The lowest BCUT2D eigenvalue weighted by molar-refractivity contribution is 0.0390. The lowest BCUT2D eigenvalue weighted by Gasteiger charge is -2.14. The summed E-state index contributed by atoms with van der Waals surface area (Å²) < 4.78 is 12.3. The first-order valence-corrected chi connectivity index (χ1v) is 6.67. The van der Waals surface area contributed by atoms with Crippen molar-refractivity contribution in [3.8, 4) is 5.88 Å². The molecule has 0 N–H and O–H groups in total. The number of fused-ring (bicyclic) bond motifs is 1. The van der Waals surface area contributed by atoms with Gasteiger partial charge < -0.3 is 9.47 Å². The quantitative estimate of drug-likeness (QED) is 0.841.